The van der Waals surface area contributed by atoms with Gasteiger partial charge in [-0.05, 0) is 35.7 Å². The number of hydrogen-bond acceptors (Lipinski definition) is 3. The van der Waals surface area contributed by atoms with E-state index in [-0.39, 0.29) is 12.1 Å². The molecule has 0 N–H and O–H groups in total. The number of fused-ring (bicyclic) bond motifs is 1. The van der Waals surface area contributed by atoms with Gasteiger partial charge in [-0.15, -0.1) is 0 Å². The van der Waals surface area contributed by atoms with E-state index < -0.39 is 0 Å². The zero-order chi connectivity index (χ0) is 17.1. The van der Waals surface area contributed by atoms with Crippen molar-refractivity contribution < 1.29 is 14.3 Å². The molecule has 24 heavy (non-hydrogen) atoms. The minimum atomic E-state index is -0.241. The molecule has 0 aliphatic carbocycles. The second kappa shape index (κ2) is 6.95. The van der Waals surface area contributed by atoms with Crippen molar-refractivity contribution in [2.24, 2.45) is 5.92 Å². The van der Waals surface area contributed by atoms with Crippen LogP contribution in [0.15, 0.2) is 48.5 Å². The van der Waals surface area contributed by atoms with E-state index in [0.717, 1.165) is 17.7 Å². The third-order valence-corrected chi connectivity index (χ3v) is 4.17. The number of methoxy groups -OCH3 is 1. The van der Waals surface area contributed by atoms with Crippen LogP contribution in [-0.4, -0.2) is 24.1 Å². The molecule has 0 saturated carbocycles. The van der Waals surface area contributed by atoms with Crippen molar-refractivity contribution in [2.75, 3.05) is 7.11 Å². The molecular weight excluding hydrogens is 302 g/mol. The first-order valence-electron chi connectivity index (χ1n) is 8.28. The molecule has 1 atom stereocenters. The van der Waals surface area contributed by atoms with Crippen molar-refractivity contribution >= 4 is 5.91 Å². The number of carbonyl (C=O) groups excluding carboxylic acids is 1. The van der Waals surface area contributed by atoms with Crippen molar-refractivity contribution in [1.82, 2.24) is 4.90 Å². The van der Waals surface area contributed by atoms with Crippen LogP contribution in [0.1, 0.15) is 36.2 Å². The minimum Gasteiger partial charge on any atom is -0.497 e. The van der Waals surface area contributed by atoms with E-state index in [2.05, 4.69) is 13.8 Å². The Balaban J connectivity index is 1.88. The van der Waals surface area contributed by atoms with Gasteiger partial charge in [0, 0.05) is 13.0 Å². The van der Waals surface area contributed by atoms with Crippen LogP contribution < -0.4 is 9.47 Å². The molecule has 0 bridgehead atoms. The van der Waals surface area contributed by atoms with Crippen LogP contribution in [0.5, 0.6) is 11.5 Å². The van der Waals surface area contributed by atoms with Gasteiger partial charge in [0.1, 0.15) is 11.5 Å². The standard InChI is InChI=1S/C20H23NO3/c1-14(2)12-19-21(13-15-8-10-16(23-3)11-9-15)20(22)17-6-4-5-7-18(17)24-19/h4-11,14,19H,12-13H2,1-3H3. The molecule has 4 heteroatoms. The fourth-order valence-corrected chi connectivity index (χ4v) is 2.92. The van der Waals surface area contributed by atoms with Gasteiger partial charge in [-0.3, -0.25) is 9.69 Å². The highest BCUT2D eigenvalue weighted by Crippen LogP contribution is 2.31. The fourth-order valence-electron chi connectivity index (χ4n) is 2.92. The summed E-state index contributed by atoms with van der Waals surface area (Å²) in [6, 6.07) is 15.3. The van der Waals surface area contributed by atoms with E-state index in [1.54, 1.807) is 7.11 Å². The van der Waals surface area contributed by atoms with E-state index in [4.69, 9.17) is 9.47 Å². The number of benzene rings is 2. The third kappa shape index (κ3) is 3.37. The lowest BCUT2D eigenvalue weighted by molar-refractivity contribution is -0.00325. The Bertz CT molecular complexity index is 709. The van der Waals surface area contributed by atoms with Crippen LogP contribution in [0.3, 0.4) is 0 Å². The molecule has 1 amide bonds. The van der Waals surface area contributed by atoms with Crippen molar-refractivity contribution in [3.05, 3.63) is 59.7 Å². The average molecular weight is 325 g/mol. The largest absolute Gasteiger partial charge is 0.497 e. The maximum Gasteiger partial charge on any atom is 0.260 e. The van der Waals surface area contributed by atoms with Crippen molar-refractivity contribution in [1.29, 1.82) is 0 Å². The van der Waals surface area contributed by atoms with Gasteiger partial charge in [-0.1, -0.05) is 38.1 Å². The van der Waals surface area contributed by atoms with Crippen molar-refractivity contribution in [3.63, 3.8) is 0 Å². The summed E-state index contributed by atoms with van der Waals surface area (Å²) in [5.41, 5.74) is 1.69. The summed E-state index contributed by atoms with van der Waals surface area (Å²) in [4.78, 5) is 14.8. The molecule has 2 aromatic carbocycles. The van der Waals surface area contributed by atoms with Gasteiger partial charge < -0.3 is 9.47 Å². The Kier molecular flexibility index (Phi) is 4.74. The molecule has 0 fully saturated rings. The molecule has 1 heterocycles. The zero-order valence-electron chi connectivity index (χ0n) is 14.4. The molecule has 0 aromatic heterocycles. The maximum atomic E-state index is 13.0. The van der Waals surface area contributed by atoms with E-state index in [1.165, 1.54) is 0 Å². The molecule has 2 aromatic rings. The van der Waals surface area contributed by atoms with Gasteiger partial charge in [0.25, 0.3) is 5.91 Å². The summed E-state index contributed by atoms with van der Waals surface area (Å²) in [6.07, 6.45) is 0.561. The predicted molar refractivity (Wildman–Crippen MR) is 93.2 cm³/mol. The van der Waals surface area contributed by atoms with Crippen molar-refractivity contribution in [3.8, 4) is 11.5 Å². The number of carbonyl (C=O) groups is 1. The first-order chi connectivity index (χ1) is 11.6. The molecule has 0 spiro atoms. The first-order valence-corrected chi connectivity index (χ1v) is 8.28. The molecule has 0 radical (unpaired) electrons. The van der Waals surface area contributed by atoms with E-state index in [0.29, 0.717) is 23.8 Å². The maximum absolute atomic E-state index is 13.0. The smallest absolute Gasteiger partial charge is 0.260 e. The van der Waals surface area contributed by atoms with Crippen LogP contribution in [0.2, 0.25) is 0 Å². The highest BCUT2D eigenvalue weighted by Gasteiger charge is 2.33. The molecule has 1 aliphatic rings. The Labute approximate surface area is 143 Å². The monoisotopic (exact) mass is 325 g/mol. The molecule has 4 nitrogen and oxygen atoms in total. The van der Waals surface area contributed by atoms with Crippen LogP contribution in [0.25, 0.3) is 0 Å². The topological polar surface area (TPSA) is 38.8 Å². The number of amides is 1. The quantitative estimate of drug-likeness (QED) is 0.830. The van der Waals surface area contributed by atoms with Gasteiger partial charge in [-0.2, -0.15) is 0 Å². The Morgan fingerprint density at radius 3 is 2.50 bits per heavy atom. The second-order valence-corrected chi connectivity index (χ2v) is 6.48. The van der Waals surface area contributed by atoms with E-state index in [1.807, 2.05) is 53.4 Å². The predicted octanol–water partition coefficient (Wildman–Crippen LogP) is 4.10. The molecule has 1 aliphatic heterocycles. The highest BCUT2D eigenvalue weighted by molar-refractivity contribution is 5.97. The summed E-state index contributed by atoms with van der Waals surface area (Å²) in [5.74, 6) is 1.95. The summed E-state index contributed by atoms with van der Waals surface area (Å²) >= 11 is 0. The molecular formula is C20H23NO3. The van der Waals surface area contributed by atoms with Crippen LogP contribution >= 0.6 is 0 Å². The Morgan fingerprint density at radius 1 is 1.12 bits per heavy atom. The lowest BCUT2D eigenvalue weighted by Gasteiger charge is -2.37. The Hall–Kier alpha value is -2.49. The first kappa shape index (κ1) is 16.4. The molecule has 0 saturated heterocycles. The van der Waals surface area contributed by atoms with Gasteiger partial charge >= 0.3 is 0 Å². The lowest BCUT2D eigenvalue weighted by atomic mass is 10.0. The van der Waals surface area contributed by atoms with Crippen LogP contribution in [0.4, 0.5) is 0 Å². The van der Waals surface area contributed by atoms with Gasteiger partial charge in [0.05, 0.1) is 12.7 Å². The van der Waals surface area contributed by atoms with Crippen LogP contribution in [0, 0.1) is 5.92 Å². The summed E-state index contributed by atoms with van der Waals surface area (Å²) < 4.78 is 11.3. The average Bonchev–Trinajstić information content (AvgIpc) is 2.58. The van der Waals surface area contributed by atoms with Crippen molar-refractivity contribution in [2.45, 2.75) is 33.0 Å². The second-order valence-electron chi connectivity index (χ2n) is 6.48. The number of rotatable bonds is 5. The summed E-state index contributed by atoms with van der Waals surface area (Å²) in [6.45, 7) is 4.80. The fraction of sp³-hybridized carbons (Fsp3) is 0.350. The Morgan fingerprint density at radius 2 is 1.83 bits per heavy atom. The lowest BCUT2D eigenvalue weighted by Crippen LogP contribution is -2.47. The van der Waals surface area contributed by atoms with Gasteiger partial charge in [-0.25, -0.2) is 0 Å². The van der Waals surface area contributed by atoms with Gasteiger partial charge in [0.2, 0.25) is 0 Å². The highest BCUT2D eigenvalue weighted by atomic mass is 16.5. The van der Waals surface area contributed by atoms with Crippen LogP contribution in [-0.2, 0) is 6.54 Å². The van der Waals surface area contributed by atoms with E-state index in [9.17, 15) is 4.79 Å². The normalized spacial score (nSPS) is 16.8. The van der Waals surface area contributed by atoms with Gasteiger partial charge in [0.15, 0.2) is 6.23 Å². The third-order valence-electron chi connectivity index (χ3n) is 4.17. The van der Waals surface area contributed by atoms with E-state index >= 15 is 0 Å². The minimum absolute atomic E-state index is 0.0262. The zero-order valence-corrected chi connectivity index (χ0v) is 14.4. The molecule has 126 valence electrons. The molecule has 3 rings (SSSR count). The summed E-state index contributed by atoms with van der Waals surface area (Å²) in [7, 11) is 1.65. The number of ether oxygens (including phenoxy) is 2. The molecule has 1 unspecified atom stereocenters. The summed E-state index contributed by atoms with van der Waals surface area (Å²) in [5, 5.41) is 0. The number of para-hydroxylation sites is 1. The SMILES string of the molecule is COc1ccc(CN2C(=O)c3ccccc3OC2CC(C)C)cc1. The number of hydrogen-bond donors (Lipinski definition) is 0. The number of nitrogens with zero attached hydrogens (tertiary/aromatic N) is 1.